The predicted molar refractivity (Wildman–Crippen MR) is 79.1 cm³/mol. The SMILES string of the molecule is CC1CCc2c(c3cccc(C(=O)O)c3n2CCN)C1. The minimum absolute atomic E-state index is 0.387. The summed E-state index contributed by atoms with van der Waals surface area (Å²) in [6.45, 7) is 3.47. The number of hydrogen-bond acceptors (Lipinski definition) is 2. The van der Waals surface area contributed by atoms with Crippen LogP contribution in [0, 0.1) is 5.92 Å². The van der Waals surface area contributed by atoms with Crippen molar-refractivity contribution in [1.82, 2.24) is 4.57 Å². The van der Waals surface area contributed by atoms with E-state index in [-0.39, 0.29) is 0 Å². The van der Waals surface area contributed by atoms with Gasteiger partial charge in [0, 0.05) is 24.2 Å². The summed E-state index contributed by atoms with van der Waals surface area (Å²) in [5, 5.41) is 10.5. The first-order valence-electron chi connectivity index (χ1n) is 7.19. The molecule has 4 heteroatoms. The van der Waals surface area contributed by atoms with E-state index in [0.29, 0.717) is 24.6 Å². The molecule has 0 saturated carbocycles. The Morgan fingerprint density at radius 2 is 2.30 bits per heavy atom. The maximum Gasteiger partial charge on any atom is 0.337 e. The molecule has 1 aromatic carbocycles. The smallest absolute Gasteiger partial charge is 0.337 e. The summed E-state index contributed by atoms with van der Waals surface area (Å²) in [7, 11) is 0. The zero-order chi connectivity index (χ0) is 14.3. The normalized spacial score (nSPS) is 18.2. The Balaban J connectivity index is 2.34. The van der Waals surface area contributed by atoms with Gasteiger partial charge >= 0.3 is 5.97 Å². The van der Waals surface area contributed by atoms with Crippen molar-refractivity contribution >= 4 is 16.9 Å². The van der Waals surface area contributed by atoms with Crippen LogP contribution in [-0.2, 0) is 19.4 Å². The molecule has 1 aliphatic rings. The second-order valence-electron chi connectivity index (χ2n) is 5.72. The molecule has 0 bridgehead atoms. The van der Waals surface area contributed by atoms with Crippen LogP contribution in [0.15, 0.2) is 18.2 Å². The average molecular weight is 272 g/mol. The number of nitrogens with two attached hydrogens (primary N) is 1. The van der Waals surface area contributed by atoms with E-state index in [0.717, 1.165) is 30.2 Å². The van der Waals surface area contributed by atoms with Crippen LogP contribution in [0.3, 0.4) is 0 Å². The zero-order valence-corrected chi connectivity index (χ0v) is 11.7. The maximum atomic E-state index is 11.5. The molecule has 0 amide bonds. The van der Waals surface area contributed by atoms with Gasteiger partial charge in [0.25, 0.3) is 0 Å². The van der Waals surface area contributed by atoms with Gasteiger partial charge in [-0.15, -0.1) is 0 Å². The van der Waals surface area contributed by atoms with Crippen molar-refractivity contribution in [3.63, 3.8) is 0 Å². The molecule has 1 heterocycles. The first-order valence-corrected chi connectivity index (χ1v) is 7.19. The first-order chi connectivity index (χ1) is 9.63. The molecule has 0 spiro atoms. The van der Waals surface area contributed by atoms with E-state index in [9.17, 15) is 9.90 Å². The molecule has 1 aromatic heterocycles. The molecule has 1 unspecified atom stereocenters. The molecule has 3 rings (SSSR count). The molecular formula is C16H20N2O2. The molecule has 2 aromatic rings. The van der Waals surface area contributed by atoms with Crippen LogP contribution < -0.4 is 5.73 Å². The minimum atomic E-state index is -0.864. The minimum Gasteiger partial charge on any atom is -0.478 e. The summed E-state index contributed by atoms with van der Waals surface area (Å²) in [5.41, 5.74) is 9.59. The zero-order valence-electron chi connectivity index (χ0n) is 11.7. The number of rotatable bonds is 3. The number of para-hydroxylation sites is 1. The maximum absolute atomic E-state index is 11.5. The Kier molecular flexibility index (Phi) is 3.26. The highest BCUT2D eigenvalue weighted by molar-refractivity contribution is 6.04. The molecule has 0 aliphatic heterocycles. The van der Waals surface area contributed by atoms with Gasteiger partial charge < -0.3 is 15.4 Å². The molecule has 1 aliphatic carbocycles. The summed E-state index contributed by atoms with van der Waals surface area (Å²) >= 11 is 0. The molecule has 3 N–H and O–H groups in total. The van der Waals surface area contributed by atoms with Crippen LogP contribution in [0.4, 0.5) is 0 Å². The van der Waals surface area contributed by atoms with E-state index < -0.39 is 5.97 Å². The molecule has 4 nitrogen and oxygen atoms in total. The Morgan fingerprint density at radius 3 is 3.00 bits per heavy atom. The Labute approximate surface area is 118 Å². The van der Waals surface area contributed by atoms with Crippen molar-refractivity contribution in [2.45, 2.75) is 32.7 Å². The van der Waals surface area contributed by atoms with Crippen LogP contribution in [-0.4, -0.2) is 22.2 Å². The monoisotopic (exact) mass is 272 g/mol. The van der Waals surface area contributed by atoms with Crippen molar-refractivity contribution in [3.8, 4) is 0 Å². The van der Waals surface area contributed by atoms with Crippen molar-refractivity contribution < 1.29 is 9.90 Å². The Hall–Kier alpha value is -1.81. The van der Waals surface area contributed by atoms with Gasteiger partial charge in [-0.3, -0.25) is 0 Å². The standard InChI is InChI=1S/C16H20N2O2/c1-10-5-6-14-13(9-10)11-3-2-4-12(16(19)20)15(11)18(14)8-7-17/h2-4,10H,5-9,17H2,1H3,(H,19,20). The number of benzene rings is 1. The van der Waals surface area contributed by atoms with E-state index in [1.54, 1.807) is 6.07 Å². The Morgan fingerprint density at radius 1 is 1.50 bits per heavy atom. The molecule has 106 valence electrons. The second-order valence-corrected chi connectivity index (χ2v) is 5.72. The van der Waals surface area contributed by atoms with Crippen molar-refractivity contribution in [2.24, 2.45) is 11.7 Å². The first kappa shape index (κ1) is 13.2. The topological polar surface area (TPSA) is 68.2 Å². The van der Waals surface area contributed by atoms with E-state index in [4.69, 9.17) is 5.73 Å². The summed E-state index contributed by atoms with van der Waals surface area (Å²) in [6, 6.07) is 5.58. The van der Waals surface area contributed by atoms with Gasteiger partial charge in [0.05, 0.1) is 11.1 Å². The van der Waals surface area contributed by atoms with Crippen LogP contribution in [0.25, 0.3) is 10.9 Å². The van der Waals surface area contributed by atoms with E-state index >= 15 is 0 Å². The van der Waals surface area contributed by atoms with Crippen LogP contribution in [0.5, 0.6) is 0 Å². The van der Waals surface area contributed by atoms with Crippen molar-refractivity contribution in [1.29, 1.82) is 0 Å². The number of carboxylic acids is 1. The fraction of sp³-hybridized carbons (Fsp3) is 0.438. The lowest BCUT2D eigenvalue weighted by atomic mass is 9.87. The third-order valence-electron chi connectivity index (χ3n) is 4.31. The molecule has 1 atom stereocenters. The molecular weight excluding hydrogens is 252 g/mol. The van der Waals surface area contributed by atoms with Gasteiger partial charge in [0.1, 0.15) is 0 Å². The number of fused-ring (bicyclic) bond motifs is 3. The number of aromatic carboxylic acids is 1. The quantitative estimate of drug-likeness (QED) is 0.901. The molecule has 20 heavy (non-hydrogen) atoms. The lowest BCUT2D eigenvalue weighted by molar-refractivity contribution is 0.0698. The lowest BCUT2D eigenvalue weighted by Gasteiger charge is -2.20. The number of nitrogens with zero attached hydrogens (tertiary/aromatic N) is 1. The second kappa shape index (κ2) is 4.94. The summed E-state index contributed by atoms with van der Waals surface area (Å²) in [4.78, 5) is 11.5. The summed E-state index contributed by atoms with van der Waals surface area (Å²) in [6.07, 6.45) is 3.22. The van der Waals surface area contributed by atoms with E-state index in [1.807, 2.05) is 12.1 Å². The van der Waals surface area contributed by atoms with Gasteiger partial charge in [-0.1, -0.05) is 19.1 Å². The highest BCUT2D eigenvalue weighted by Gasteiger charge is 2.25. The number of hydrogen-bond donors (Lipinski definition) is 2. The highest BCUT2D eigenvalue weighted by atomic mass is 16.4. The number of aromatic nitrogens is 1. The average Bonchev–Trinajstić information content (AvgIpc) is 2.73. The number of carboxylic acid groups (broad SMARTS) is 1. The fourth-order valence-corrected chi connectivity index (χ4v) is 3.43. The third kappa shape index (κ3) is 1.91. The van der Waals surface area contributed by atoms with Gasteiger partial charge in [-0.2, -0.15) is 0 Å². The Bertz CT molecular complexity index is 673. The molecule has 0 saturated heterocycles. The lowest BCUT2D eigenvalue weighted by Crippen LogP contribution is -2.17. The summed E-state index contributed by atoms with van der Waals surface area (Å²) < 4.78 is 2.14. The van der Waals surface area contributed by atoms with Crippen molar-refractivity contribution in [3.05, 3.63) is 35.0 Å². The third-order valence-corrected chi connectivity index (χ3v) is 4.31. The molecule has 0 radical (unpaired) electrons. The van der Waals surface area contributed by atoms with Crippen LogP contribution >= 0.6 is 0 Å². The van der Waals surface area contributed by atoms with Gasteiger partial charge in [-0.25, -0.2) is 4.79 Å². The number of carbonyl (C=O) groups is 1. The van der Waals surface area contributed by atoms with Gasteiger partial charge in [0.2, 0.25) is 0 Å². The van der Waals surface area contributed by atoms with E-state index in [2.05, 4.69) is 11.5 Å². The van der Waals surface area contributed by atoms with Gasteiger partial charge in [0.15, 0.2) is 0 Å². The van der Waals surface area contributed by atoms with Crippen LogP contribution in [0.1, 0.15) is 35.0 Å². The fourth-order valence-electron chi connectivity index (χ4n) is 3.43. The summed E-state index contributed by atoms with van der Waals surface area (Å²) in [5.74, 6) is -0.204. The largest absolute Gasteiger partial charge is 0.478 e. The molecule has 0 fully saturated rings. The predicted octanol–water partition coefficient (Wildman–Crippen LogP) is 2.42. The van der Waals surface area contributed by atoms with Gasteiger partial charge in [-0.05, 0) is 36.8 Å². The van der Waals surface area contributed by atoms with E-state index in [1.165, 1.54) is 11.3 Å². The van der Waals surface area contributed by atoms with Crippen LogP contribution in [0.2, 0.25) is 0 Å². The highest BCUT2D eigenvalue weighted by Crippen LogP contribution is 2.35. The van der Waals surface area contributed by atoms with Crippen molar-refractivity contribution in [2.75, 3.05) is 6.54 Å².